The van der Waals surface area contributed by atoms with Crippen LogP contribution in [0.4, 0.5) is 18.9 Å². The lowest BCUT2D eigenvalue weighted by Gasteiger charge is -2.33. The molecule has 3 aliphatic heterocycles. The van der Waals surface area contributed by atoms with Gasteiger partial charge in [0.05, 0.1) is 24.3 Å². The van der Waals surface area contributed by atoms with Gasteiger partial charge in [-0.2, -0.15) is 13.2 Å². The lowest BCUT2D eigenvalue weighted by atomic mass is 9.86. The number of likely N-dealkylation sites (tertiary alicyclic amines) is 2. The number of hydrogen-bond acceptors (Lipinski definition) is 8. The smallest absolute Gasteiger partial charge is 0.433 e. The number of nitrogens with zero attached hydrogens (tertiary/aromatic N) is 5. The number of carbonyl (C=O) groups excluding carboxylic acids is 4. The Morgan fingerprint density at radius 3 is 2.37 bits per heavy atom. The lowest BCUT2D eigenvalue weighted by molar-refractivity contribution is -0.141. The number of imidazole rings is 1. The SMILES string of the molecule is CC(C)Oc1cc2nc(C3CCN(C(=O)CN4CCC(c5ccc(C6CCC(=O)NC6=O)cc5)CC4)C3)cn2cc1NC(=O)c1cccc(C(F)(F)F)n1. The molecule has 7 rings (SSSR count). The third-order valence-corrected chi connectivity index (χ3v) is 10.4. The van der Waals surface area contributed by atoms with Crippen LogP contribution >= 0.6 is 0 Å². The summed E-state index contributed by atoms with van der Waals surface area (Å²) in [4.78, 5) is 62.6. The summed E-state index contributed by atoms with van der Waals surface area (Å²) in [5.74, 6) is -0.802. The number of pyridine rings is 2. The minimum Gasteiger partial charge on any atom is -0.489 e. The van der Waals surface area contributed by atoms with Crippen molar-refractivity contribution in [2.45, 2.75) is 76.0 Å². The molecule has 0 radical (unpaired) electrons. The number of nitrogens with one attached hydrogen (secondary N) is 2. The number of carbonyl (C=O) groups is 4. The fourth-order valence-electron chi connectivity index (χ4n) is 7.54. The normalized spacial score (nSPS) is 20.1. The van der Waals surface area contributed by atoms with E-state index in [1.807, 2.05) is 37.1 Å². The number of halogens is 3. The lowest BCUT2D eigenvalue weighted by Crippen LogP contribution is -2.42. The van der Waals surface area contributed by atoms with Crippen molar-refractivity contribution >= 4 is 35.0 Å². The molecule has 0 spiro atoms. The van der Waals surface area contributed by atoms with Crippen molar-refractivity contribution in [1.82, 2.24) is 29.5 Å². The minimum atomic E-state index is -4.69. The van der Waals surface area contributed by atoms with Gasteiger partial charge in [0.15, 0.2) is 0 Å². The highest BCUT2D eigenvalue weighted by atomic mass is 19.4. The Bertz CT molecular complexity index is 2060. The highest BCUT2D eigenvalue weighted by molar-refractivity contribution is 6.04. The van der Waals surface area contributed by atoms with Crippen LogP contribution in [0.15, 0.2) is 60.9 Å². The first-order valence-corrected chi connectivity index (χ1v) is 18.3. The van der Waals surface area contributed by atoms with E-state index in [4.69, 9.17) is 9.72 Å². The Labute approximate surface area is 310 Å². The number of aromatic nitrogens is 3. The van der Waals surface area contributed by atoms with Crippen LogP contribution in [0.5, 0.6) is 5.75 Å². The molecule has 3 fully saturated rings. The van der Waals surface area contributed by atoms with Crippen LogP contribution in [-0.4, -0.2) is 86.6 Å². The molecule has 1 aromatic carbocycles. The van der Waals surface area contributed by atoms with Crippen molar-refractivity contribution in [2.75, 3.05) is 38.0 Å². The standard InChI is InChI=1S/C39H42F3N7O5/c1-23(2)54-32-18-34-44-30(20-49(34)21-31(32)45-38(53)29-4-3-5-33(43-29)39(40,41)42)27-14-17-48(19-27)36(51)22-47-15-12-25(13-16-47)24-6-8-26(9-7-24)28-10-11-35(50)46-37(28)52/h3-9,18,20-21,23,25,27-28H,10-17,19,22H2,1-2H3,(H,45,53)(H,46,50,52). The van der Waals surface area contributed by atoms with Gasteiger partial charge in [-0.3, -0.25) is 29.4 Å². The van der Waals surface area contributed by atoms with E-state index >= 15 is 0 Å². The molecular formula is C39H42F3N7O5. The zero-order valence-electron chi connectivity index (χ0n) is 30.1. The summed E-state index contributed by atoms with van der Waals surface area (Å²) in [6.45, 7) is 6.73. The van der Waals surface area contributed by atoms with Gasteiger partial charge in [-0.25, -0.2) is 9.97 Å². The molecular weight excluding hydrogens is 703 g/mol. The number of amides is 4. The summed E-state index contributed by atoms with van der Waals surface area (Å²) in [7, 11) is 0. The van der Waals surface area contributed by atoms with Crippen LogP contribution in [0.2, 0.25) is 0 Å². The Balaban J connectivity index is 0.946. The van der Waals surface area contributed by atoms with Gasteiger partial charge in [0.25, 0.3) is 5.91 Å². The van der Waals surface area contributed by atoms with Crippen molar-refractivity contribution in [3.8, 4) is 5.75 Å². The Morgan fingerprint density at radius 2 is 1.67 bits per heavy atom. The van der Waals surface area contributed by atoms with Gasteiger partial charge in [-0.15, -0.1) is 0 Å². The average molecular weight is 746 g/mol. The van der Waals surface area contributed by atoms with E-state index in [1.54, 1.807) is 16.7 Å². The van der Waals surface area contributed by atoms with Crippen LogP contribution in [-0.2, 0) is 20.6 Å². The van der Waals surface area contributed by atoms with Gasteiger partial charge in [-0.05, 0) is 81.8 Å². The van der Waals surface area contributed by atoms with E-state index in [-0.39, 0.29) is 47.0 Å². The summed E-state index contributed by atoms with van der Waals surface area (Å²) in [5.41, 5.74) is 2.20. The van der Waals surface area contributed by atoms with Crippen molar-refractivity contribution in [3.05, 3.63) is 89.1 Å². The maximum atomic E-state index is 13.4. The highest BCUT2D eigenvalue weighted by Crippen LogP contribution is 2.34. The van der Waals surface area contributed by atoms with Gasteiger partial charge >= 0.3 is 6.18 Å². The fraction of sp³-hybridized carbons (Fsp3) is 0.436. The number of benzene rings is 1. The van der Waals surface area contributed by atoms with Crippen molar-refractivity contribution in [1.29, 1.82) is 0 Å². The third-order valence-electron chi connectivity index (χ3n) is 10.4. The molecule has 2 unspecified atom stereocenters. The average Bonchev–Trinajstić information content (AvgIpc) is 3.80. The molecule has 0 aliphatic carbocycles. The van der Waals surface area contributed by atoms with E-state index < -0.39 is 17.8 Å². The van der Waals surface area contributed by atoms with E-state index in [1.165, 1.54) is 11.6 Å². The number of hydrogen-bond donors (Lipinski definition) is 2. The fourth-order valence-corrected chi connectivity index (χ4v) is 7.54. The number of anilines is 1. The monoisotopic (exact) mass is 745 g/mol. The molecule has 12 nitrogen and oxygen atoms in total. The van der Waals surface area contributed by atoms with Gasteiger partial charge in [0, 0.05) is 43.9 Å². The maximum absolute atomic E-state index is 13.4. The summed E-state index contributed by atoms with van der Waals surface area (Å²) < 4.78 is 47.3. The summed E-state index contributed by atoms with van der Waals surface area (Å²) in [6.07, 6.45) is 1.98. The molecule has 3 saturated heterocycles. The third kappa shape index (κ3) is 8.25. The molecule has 0 bridgehead atoms. The number of piperidine rings is 2. The van der Waals surface area contributed by atoms with Crippen LogP contribution in [0.1, 0.15) is 96.7 Å². The molecule has 284 valence electrons. The summed E-state index contributed by atoms with van der Waals surface area (Å²) >= 11 is 0. The maximum Gasteiger partial charge on any atom is 0.433 e. The second-order valence-electron chi connectivity index (χ2n) is 14.6. The second-order valence-corrected chi connectivity index (χ2v) is 14.6. The van der Waals surface area contributed by atoms with Crippen molar-refractivity contribution < 1.29 is 37.1 Å². The van der Waals surface area contributed by atoms with E-state index in [9.17, 15) is 32.3 Å². The number of ether oxygens (including phenoxy) is 1. The first-order valence-electron chi connectivity index (χ1n) is 18.3. The Morgan fingerprint density at radius 1 is 0.944 bits per heavy atom. The zero-order valence-corrected chi connectivity index (χ0v) is 30.1. The summed E-state index contributed by atoms with van der Waals surface area (Å²) in [6, 6.07) is 13.0. The molecule has 3 aliphatic rings. The summed E-state index contributed by atoms with van der Waals surface area (Å²) in [5, 5.41) is 5.07. The van der Waals surface area contributed by atoms with E-state index in [0.29, 0.717) is 49.8 Å². The number of rotatable bonds is 9. The largest absolute Gasteiger partial charge is 0.489 e. The number of imide groups is 1. The van der Waals surface area contributed by atoms with Gasteiger partial charge in [-0.1, -0.05) is 30.3 Å². The molecule has 4 aromatic rings. The Hall–Kier alpha value is -5.31. The van der Waals surface area contributed by atoms with Crippen LogP contribution in [0.3, 0.4) is 0 Å². The predicted octanol–water partition coefficient (Wildman–Crippen LogP) is 5.50. The molecule has 0 saturated carbocycles. The molecule has 4 amide bonds. The topological polar surface area (TPSA) is 138 Å². The molecule has 6 heterocycles. The Kier molecular flexibility index (Phi) is 10.4. The second kappa shape index (κ2) is 15.2. The van der Waals surface area contributed by atoms with Crippen molar-refractivity contribution in [3.63, 3.8) is 0 Å². The van der Waals surface area contributed by atoms with Crippen molar-refractivity contribution in [2.24, 2.45) is 0 Å². The zero-order chi connectivity index (χ0) is 38.1. The van der Waals surface area contributed by atoms with Crippen LogP contribution in [0, 0.1) is 0 Å². The molecule has 15 heteroatoms. The van der Waals surface area contributed by atoms with Gasteiger partial charge < -0.3 is 19.4 Å². The quantitative estimate of drug-likeness (QED) is 0.214. The molecule has 2 atom stereocenters. The van der Waals surface area contributed by atoms with Crippen LogP contribution < -0.4 is 15.4 Å². The first-order chi connectivity index (χ1) is 25.8. The van der Waals surface area contributed by atoms with Gasteiger partial charge in [0.1, 0.15) is 28.5 Å². The number of fused-ring (bicyclic) bond motifs is 1. The molecule has 3 aromatic heterocycles. The van der Waals surface area contributed by atoms with E-state index in [0.717, 1.165) is 55.7 Å². The minimum absolute atomic E-state index is 0.00421. The predicted molar refractivity (Wildman–Crippen MR) is 192 cm³/mol. The molecule has 2 N–H and O–H groups in total. The van der Waals surface area contributed by atoms with Crippen LogP contribution in [0.25, 0.3) is 5.65 Å². The first kappa shape index (κ1) is 37.0. The van der Waals surface area contributed by atoms with Gasteiger partial charge in [0.2, 0.25) is 17.7 Å². The number of alkyl halides is 3. The van der Waals surface area contributed by atoms with E-state index in [2.05, 4.69) is 32.7 Å². The molecule has 54 heavy (non-hydrogen) atoms. The highest BCUT2D eigenvalue weighted by Gasteiger charge is 2.34.